The standard InChI is InChI=1S/C16H18N2O3/c1-10(17)11-6-3-4-8-13(11)18-16(20)12-7-5-9-14(21-2)15(12)19/h3-10,19H,17H2,1-2H3,(H,18,20). The number of aromatic hydroxyl groups is 1. The van der Waals surface area contributed by atoms with Gasteiger partial charge >= 0.3 is 0 Å². The Morgan fingerprint density at radius 3 is 2.62 bits per heavy atom. The van der Waals surface area contributed by atoms with E-state index in [0.29, 0.717) is 5.69 Å². The summed E-state index contributed by atoms with van der Waals surface area (Å²) in [5.41, 5.74) is 7.48. The summed E-state index contributed by atoms with van der Waals surface area (Å²) in [4.78, 5) is 12.3. The molecule has 2 rings (SSSR count). The minimum atomic E-state index is -0.417. The predicted octanol–water partition coefficient (Wildman–Crippen LogP) is 2.67. The molecule has 0 fully saturated rings. The molecule has 1 amide bonds. The third kappa shape index (κ3) is 3.14. The van der Waals surface area contributed by atoms with Crippen molar-refractivity contribution in [3.8, 4) is 11.5 Å². The average molecular weight is 286 g/mol. The number of para-hydroxylation sites is 2. The molecule has 5 heteroatoms. The maximum absolute atomic E-state index is 12.3. The van der Waals surface area contributed by atoms with Crippen LogP contribution in [0.3, 0.4) is 0 Å². The molecule has 2 aromatic carbocycles. The van der Waals surface area contributed by atoms with Crippen LogP contribution in [0.4, 0.5) is 5.69 Å². The molecule has 0 spiro atoms. The highest BCUT2D eigenvalue weighted by molar-refractivity contribution is 6.07. The van der Waals surface area contributed by atoms with E-state index in [1.807, 2.05) is 25.1 Å². The lowest BCUT2D eigenvalue weighted by molar-refractivity contribution is 0.102. The van der Waals surface area contributed by atoms with Crippen molar-refractivity contribution in [3.63, 3.8) is 0 Å². The zero-order valence-corrected chi connectivity index (χ0v) is 12.0. The molecular formula is C16H18N2O3. The summed E-state index contributed by atoms with van der Waals surface area (Å²) in [6.45, 7) is 1.84. The number of methoxy groups -OCH3 is 1. The smallest absolute Gasteiger partial charge is 0.259 e. The summed E-state index contributed by atoms with van der Waals surface area (Å²) in [7, 11) is 1.43. The Morgan fingerprint density at radius 1 is 1.24 bits per heavy atom. The van der Waals surface area contributed by atoms with Gasteiger partial charge in [-0.25, -0.2) is 0 Å². The van der Waals surface area contributed by atoms with E-state index in [4.69, 9.17) is 10.5 Å². The predicted molar refractivity (Wildman–Crippen MR) is 81.7 cm³/mol. The van der Waals surface area contributed by atoms with Crippen LogP contribution in [0.1, 0.15) is 28.9 Å². The van der Waals surface area contributed by atoms with Gasteiger partial charge in [-0.3, -0.25) is 4.79 Å². The molecule has 0 saturated carbocycles. The molecule has 21 heavy (non-hydrogen) atoms. The van der Waals surface area contributed by atoms with Gasteiger partial charge in [0.25, 0.3) is 5.91 Å². The average Bonchev–Trinajstić information content (AvgIpc) is 2.47. The fraction of sp³-hybridized carbons (Fsp3) is 0.188. The van der Waals surface area contributed by atoms with Crippen LogP contribution in [0.5, 0.6) is 11.5 Å². The first-order valence-corrected chi connectivity index (χ1v) is 6.56. The number of benzene rings is 2. The summed E-state index contributed by atoms with van der Waals surface area (Å²) < 4.78 is 5.00. The first-order valence-electron chi connectivity index (χ1n) is 6.56. The van der Waals surface area contributed by atoms with E-state index in [-0.39, 0.29) is 23.1 Å². The van der Waals surface area contributed by atoms with Crippen molar-refractivity contribution in [1.29, 1.82) is 0 Å². The number of phenols is 1. The van der Waals surface area contributed by atoms with Crippen LogP contribution in [0.2, 0.25) is 0 Å². The lowest BCUT2D eigenvalue weighted by Gasteiger charge is -2.14. The third-order valence-electron chi connectivity index (χ3n) is 3.16. The van der Waals surface area contributed by atoms with E-state index in [1.54, 1.807) is 18.2 Å². The molecule has 0 saturated heterocycles. The molecule has 0 aliphatic heterocycles. The molecular weight excluding hydrogens is 268 g/mol. The minimum Gasteiger partial charge on any atom is -0.504 e. The Bertz CT molecular complexity index is 654. The van der Waals surface area contributed by atoms with Gasteiger partial charge in [0.1, 0.15) is 0 Å². The van der Waals surface area contributed by atoms with Crippen LogP contribution in [0.15, 0.2) is 42.5 Å². The molecule has 5 nitrogen and oxygen atoms in total. The van der Waals surface area contributed by atoms with Gasteiger partial charge in [-0.2, -0.15) is 0 Å². The van der Waals surface area contributed by atoms with Gasteiger partial charge in [0.2, 0.25) is 0 Å². The zero-order chi connectivity index (χ0) is 15.4. The second kappa shape index (κ2) is 6.28. The van der Waals surface area contributed by atoms with Crippen LogP contribution >= 0.6 is 0 Å². The van der Waals surface area contributed by atoms with Crippen LogP contribution < -0.4 is 15.8 Å². The van der Waals surface area contributed by atoms with Crippen molar-refractivity contribution >= 4 is 11.6 Å². The largest absolute Gasteiger partial charge is 0.504 e. The number of hydrogen-bond acceptors (Lipinski definition) is 4. The lowest BCUT2D eigenvalue weighted by atomic mass is 10.1. The van der Waals surface area contributed by atoms with E-state index < -0.39 is 5.91 Å². The second-order valence-electron chi connectivity index (χ2n) is 4.69. The van der Waals surface area contributed by atoms with Crippen LogP contribution in [0.25, 0.3) is 0 Å². The fourth-order valence-electron chi connectivity index (χ4n) is 2.07. The van der Waals surface area contributed by atoms with E-state index in [1.165, 1.54) is 13.2 Å². The molecule has 0 bridgehead atoms. The van der Waals surface area contributed by atoms with E-state index in [9.17, 15) is 9.90 Å². The van der Waals surface area contributed by atoms with Crippen LogP contribution in [0, 0.1) is 0 Å². The van der Waals surface area contributed by atoms with Crippen molar-refractivity contribution < 1.29 is 14.6 Å². The quantitative estimate of drug-likeness (QED) is 0.806. The van der Waals surface area contributed by atoms with Crippen molar-refractivity contribution in [3.05, 3.63) is 53.6 Å². The Hall–Kier alpha value is -2.53. The Balaban J connectivity index is 2.31. The highest BCUT2D eigenvalue weighted by atomic mass is 16.5. The highest BCUT2D eigenvalue weighted by Gasteiger charge is 2.16. The molecule has 0 aromatic heterocycles. The Labute approximate surface area is 123 Å². The van der Waals surface area contributed by atoms with E-state index in [2.05, 4.69) is 5.32 Å². The van der Waals surface area contributed by atoms with Gasteiger partial charge in [-0.1, -0.05) is 24.3 Å². The number of phenolic OH excluding ortho intramolecular Hbond substituents is 1. The van der Waals surface area contributed by atoms with Gasteiger partial charge in [-0.05, 0) is 30.7 Å². The number of carbonyl (C=O) groups is 1. The maximum atomic E-state index is 12.3. The zero-order valence-electron chi connectivity index (χ0n) is 12.0. The number of nitrogens with two attached hydrogens (primary N) is 1. The first-order chi connectivity index (χ1) is 10.0. The number of carbonyl (C=O) groups excluding carboxylic acids is 1. The van der Waals surface area contributed by atoms with Gasteiger partial charge in [0.05, 0.1) is 12.7 Å². The SMILES string of the molecule is COc1cccc(C(=O)Nc2ccccc2C(C)N)c1O. The maximum Gasteiger partial charge on any atom is 0.259 e. The molecule has 110 valence electrons. The monoisotopic (exact) mass is 286 g/mol. The normalized spacial score (nSPS) is 11.8. The Kier molecular flexibility index (Phi) is 4.45. The lowest BCUT2D eigenvalue weighted by Crippen LogP contribution is -2.16. The van der Waals surface area contributed by atoms with Gasteiger partial charge < -0.3 is 20.9 Å². The van der Waals surface area contributed by atoms with Crippen molar-refractivity contribution in [2.45, 2.75) is 13.0 Å². The molecule has 0 aliphatic rings. The summed E-state index contributed by atoms with van der Waals surface area (Å²) in [5.74, 6) is -0.349. The number of anilines is 1. The number of nitrogens with one attached hydrogen (secondary N) is 1. The fourth-order valence-corrected chi connectivity index (χ4v) is 2.07. The number of amides is 1. The van der Waals surface area contributed by atoms with Gasteiger partial charge in [0.15, 0.2) is 11.5 Å². The first kappa shape index (κ1) is 14.9. The summed E-state index contributed by atoms with van der Waals surface area (Å²) in [5, 5.41) is 12.8. The molecule has 1 unspecified atom stereocenters. The highest BCUT2D eigenvalue weighted by Crippen LogP contribution is 2.30. The summed E-state index contributed by atoms with van der Waals surface area (Å²) >= 11 is 0. The van der Waals surface area contributed by atoms with Crippen molar-refractivity contribution in [2.75, 3.05) is 12.4 Å². The third-order valence-corrected chi connectivity index (χ3v) is 3.16. The number of ether oxygens (including phenoxy) is 1. The van der Waals surface area contributed by atoms with Gasteiger partial charge in [0, 0.05) is 11.7 Å². The van der Waals surface area contributed by atoms with Crippen molar-refractivity contribution in [2.24, 2.45) is 5.73 Å². The van der Waals surface area contributed by atoms with Crippen LogP contribution in [-0.2, 0) is 0 Å². The van der Waals surface area contributed by atoms with E-state index in [0.717, 1.165) is 5.56 Å². The second-order valence-corrected chi connectivity index (χ2v) is 4.69. The number of hydrogen-bond donors (Lipinski definition) is 3. The topological polar surface area (TPSA) is 84.6 Å². The molecule has 1 atom stereocenters. The molecule has 0 aliphatic carbocycles. The van der Waals surface area contributed by atoms with Crippen LogP contribution in [-0.4, -0.2) is 18.1 Å². The minimum absolute atomic E-state index is 0.147. The van der Waals surface area contributed by atoms with E-state index >= 15 is 0 Å². The number of rotatable bonds is 4. The van der Waals surface area contributed by atoms with Gasteiger partial charge in [-0.15, -0.1) is 0 Å². The molecule has 0 heterocycles. The molecule has 2 aromatic rings. The molecule has 0 radical (unpaired) electrons. The Morgan fingerprint density at radius 2 is 1.95 bits per heavy atom. The van der Waals surface area contributed by atoms with Crippen molar-refractivity contribution in [1.82, 2.24) is 0 Å². The summed E-state index contributed by atoms with van der Waals surface area (Å²) in [6, 6.07) is 11.8. The molecule has 4 N–H and O–H groups in total. The summed E-state index contributed by atoms with van der Waals surface area (Å²) in [6.07, 6.45) is 0.